The lowest BCUT2D eigenvalue weighted by Gasteiger charge is -2.30. The van der Waals surface area contributed by atoms with Crippen molar-refractivity contribution >= 4 is 29.5 Å². The van der Waals surface area contributed by atoms with Crippen LogP contribution in [0.25, 0.3) is 0 Å². The largest absolute Gasteiger partial charge is 0.508 e. The van der Waals surface area contributed by atoms with Crippen LogP contribution in [0.2, 0.25) is 0 Å². The number of amides is 5. The van der Waals surface area contributed by atoms with Crippen LogP contribution in [0, 0.1) is 0 Å². The number of hydrogen-bond acceptors (Lipinski definition) is 6. The van der Waals surface area contributed by atoms with Gasteiger partial charge in [-0.15, -0.1) is 0 Å². The molecular weight excluding hydrogens is 574 g/mol. The van der Waals surface area contributed by atoms with Crippen LogP contribution >= 0.6 is 0 Å². The highest BCUT2D eigenvalue weighted by Gasteiger charge is 2.40. The molecule has 5 rings (SSSR count). The van der Waals surface area contributed by atoms with E-state index in [1.54, 1.807) is 12.1 Å². The highest BCUT2D eigenvalue weighted by molar-refractivity contribution is 5.97. The van der Waals surface area contributed by atoms with Crippen molar-refractivity contribution in [3.63, 3.8) is 0 Å². The van der Waals surface area contributed by atoms with E-state index in [9.17, 15) is 29.1 Å². The molecule has 3 aromatic rings. The third-order valence-electron chi connectivity index (χ3n) is 8.10. The number of nitrogens with zero attached hydrogens (tertiary/aromatic N) is 1. The highest BCUT2D eigenvalue weighted by Crippen LogP contribution is 2.21. The Kier molecular flexibility index (Phi) is 10.1. The monoisotopic (exact) mass is 611 g/mol. The number of phenolic OH excluding ortho intramolecular Hbond substituents is 1. The standard InChI is InChI=1S/C34H37N5O6/c40-25-15-13-24(14-16-25)20-28-34(45)39-17-7-12-29(39)33(44)37-26(18-22-8-3-1-4-9-22)31(42)35-21-30(41)36-27(32(43)38-28)19-23-10-5-2-6-11-23/h1-6,8-11,13-16,26-29,40H,7,12,17-21H2,(H,35,42)(H,36,41)(H,37,44)(H,38,43)/t26-,27-,28+,29-/m0/s1. The normalized spacial score (nSPS) is 23.1. The molecule has 0 spiro atoms. The van der Waals surface area contributed by atoms with Crippen molar-refractivity contribution < 1.29 is 29.1 Å². The van der Waals surface area contributed by atoms with Crippen LogP contribution in [-0.4, -0.2) is 76.8 Å². The van der Waals surface area contributed by atoms with Crippen LogP contribution in [0.1, 0.15) is 29.5 Å². The van der Waals surface area contributed by atoms with Crippen LogP contribution in [-0.2, 0) is 43.2 Å². The fraction of sp³-hybridized carbons (Fsp3) is 0.324. The Morgan fingerprint density at radius 2 is 1.16 bits per heavy atom. The first kappa shape index (κ1) is 31.2. The summed E-state index contributed by atoms with van der Waals surface area (Å²) in [6.07, 6.45) is 1.40. The van der Waals surface area contributed by atoms with Crippen molar-refractivity contribution in [1.29, 1.82) is 0 Å². The van der Waals surface area contributed by atoms with Crippen molar-refractivity contribution in [2.45, 2.75) is 56.3 Å². The molecule has 5 N–H and O–H groups in total. The number of carbonyl (C=O) groups excluding carboxylic acids is 5. The van der Waals surface area contributed by atoms with Gasteiger partial charge in [0, 0.05) is 25.8 Å². The van der Waals surface area contributed by atoms with E-state index in [1.807, 2.05) is 60.7 Å². The van der Waals surface area contributed by atoms with Crippen LogP contribution in [0.15, 0.2) is 84.9 Å². The smallest absolute Gasteiger partial charge is 0.246 e. The molecule has 11 nitrogen and oxygen atoms in total. The summed E-state index contributed by atoms with van der Waals surface area (Å²) in [6.45, 7) is -0.109. The molecule has 45 heavy (non-hydrogen) atoms. The van der Waals surface area contributed by atoms with Gasteiger partial charge in [0.25, 0.3) is 0 Å². The Labute approximate surface area is 261 Å². The molecule has 2 aliphatic heterocycles. The van der Waals surface area contributed by atoms with Crippen LogP contribution in [0.4, 0.5) is 0 Å². The predicted octanol–water partition coefficient (Wildman–Crippen LogP) is 0.995. The number of benzene rings is 3. The highest BCUT2D eigenvalue weighted by atomic mass is 16.3. The number of aromatic hydroxyl groups is 1. The lowest BCUT2D eigenvalue weighted by molar-refractivity contribution is -0.142. The zero-order chi connectivity index (χ0) is 31.8. The maximum Gasteiger partial charge on any atom is 0.246 e. The first-order chi connectivity index (χ1) is 21.8. The second-order valence-electron chi connectivity index (χ2n) is 11.4. The summed E-state index contributed by atoms with van der Waals surface area (Å²) in [6, 6.07) is 20.7. The van der Waals surface area contributed by atoms with E-state index in [-0.39, 0.29) is 25.0 Å². The van der Waals surface area contributed by atoms with Crippen molar-refractivity contribution in [1.82, 2.24) is 26.2 Å². The van der Waals surface area contributed by atoms with E-state index >= 15 is 0 Å². The topological polar surface area (TPSA) is 157 Å². The Morgan fingerprint density at radius 3 is 1.78 bits per heavy atom. The molecule has 2 fully saturated rings. The number of carbonyl (C=O) groups is 5. The summed E-state index contributed by atoms with van der Waals surface area (Å²) in [5.74, 6) is -2.59. The molecule has 234 valence electrons. The van der Waals surface area contributed by atoms with Gasteiger partial charge in [-0.3, -0.25) is 24.0 Å². The first-order valence-electron chi connectivity index (χ1n) is 15.1. The second-order valence-corrected chi connectivity index (χ2v) is 11.4. The van der Waals surface area contributed by atoms with Gasteiger partial charge in [-0.05, 0) is 41.7 Å². The van der Waals surface area contributed by atoms with Gasteiger partial charge in [-0.25, -0.2) is 0 Å². The zero-order valence-electron chi connectivity index (χ0n) is 24.8. The molecule has 0 aromatic heterocycles. The van der Waals surface area contributed by atoms with E-state index in [2.05, 4.69) is 21.3 Å². The SMILES string of the molecule is O=C1CNC(=O)[C@H](Cc2ccccc2)NC(=O)[C@@H]2CCCN2C(=O)[C@@H](Cc2ccc(O)cc2)NC(=O)[C@H](Cc2ccccc2)N1. The summed E-state index contributed by atoms with van der Waals surface area (Å²) in [5, 5.41) is 20.8. The van der Waals surface area contributed by atoms with Gasteiger partial charge in [-0.1, -0.05) is 72.8 Å². The Morgan fingerprint density at radius 1 is 0.622 bits per heavy atom. The van der Waals surface area contributed by atoms with Gasteiger partial charge < -0.3 is 31.3 Å². The van der Waals surface area contributed by atoms with E-state index in [4.69, 9.17) is 0 Å². The molecule has 4 atom stereocenters. The second kappa shape index (κ2) is 14.5. The summed E-state index contributed by atoms with van der Waals surface area (Å²) in [4.78, 5) is 69.4. The number of phenols is 1. The Hall–Kier alpha value is -5.19. The molecule has 0 radical (unpaired) electrons. The van der Waals surface area contributed by atoms with Crippen molar-refractivity contribution in [2.75, 3.05) is 13.1 Å². The molecule has 3 aromatic carbocycles. The molecule has 5 amide bonds. The minimum atomic E-state index is -1.06. The Bertz CT molecular complexity index is 1520. The molecule has 0 saturated carbocycles. The van der Waals surface area contributed by atoms with E-state index in [0.29, 0.717) is 24.9 Å². The fourth-order valence-electron chi connectivity index (χ4n) is 5.77. The average molecular weight is 612 g/mol. The van der Waals surface area contributed by atoms with Crippen LogP contribution < -0.4 is 21.3 Å². The van der Waals surface area contributed by atoms with Gasteiger partial charge in [0.05, 0.1) is 6.54 Å². The van der Waals surface area contributed by atoms with Gasteiger partial charge in [0.1, 0.15) is 29.9 Å². The molecular formula is C34H37N5O6. The lowest BCUT2D eigenvalue weighted by atomic mass is 10.0. The first-order valence-corrected chi connectivity index (χ1v) is 15.1. The zero-order valence-corrected chi connectivity index (χ0v) is 24.8. The Balaban J connectivity index is 1.47. The predicted molar refractivity (Wildman–Crippen MR) is 166 cm³/mol. The number of fused-ring (bicyclic) bond motifs is 1. The van der Waals surface area contributed by atoms with E-state index in [1.165, 1.54) is 17.0 Å². The molecule has 2 aliphatic rings. The average Bonchev–Trinajstić information content (AvgIpc) is 3.54. The minimum Gasteiger partial charge on any atom is -0.508 e. The molecule has 0 unspecified atom stereocenters. The summed E-state index contributed by atoms with van der Waals surface area (Å²) < 4.78 is 0. The van der Waals surface area contributed by atoms with Crippen molar-refractivity contribution in [3.8, 4) is 5.75 Å². The number of nitrogens with one attached hydrogen (secondary N) is 4. The molecule has 0 aliphatic carbocycles. The van der Waals surface area contributed by atoms with Crippen LogP contribution in [0.5, 0.6) is 5.75 Å². The van der Waals surface area contributed by atoms with Crippen molar-refractivity contribution in [2.24, 2.45) is 0 Å². The molecule has 2 saturated heterocycles. The molecule has 2 heterocycles. The molecule has 0 bridgehead atoms. The van der Waals surface area contributed by atoms with Gasteiger partial charge in [0.15, 0.2) is 0 Å². The fourth-order valence-corrected chi connectivity index (χ4v) is 5.77. The third-order valence-corrected chi connectivity index (χ3v) is 8.10. The number of rotatable bonds is 6. The number of hydrogen-bond donors (Lipinski definition) is 5. The summed E-state index contributed by atoms with van der Waals surface area (Å²) in [7, 11) is 0. The minimum absolute atomic E-state index is 0.0614. The van der Waals surface area contributed by atoms with Crippen molar-refractivity contribution in [3.05, 3.63) is 102 Å². The quantitative estimate of drug-likeness (QED) is 0.280. The molecule has 11 heteroatoms. The summed E-state index contributed by atoms with van der Waals surface area (Å²) in [5.41, 5.74) is 2.29. The summed E-state index contributed by atoms with van der Waals surface area (Å²) >= 11 is 0. The van der Waals surface area contributed by atoms with E-state index < -0.39 is 60.2 Å². The maximum absolute atomic E-state index is 14.1. The van der Waals surface area contributed by atoms with Crippen LogP contribution in [0.3, 0.4) is 0 Å². The van der Waals surface area contributed by atoms with Gasteiger partial charge >= 0.3 is 0 Å². The third kappa shape index (κ3) is 8.26. The van der Waals surface area contributed by atoms with E-state index in [0.717, 1.165) is 11.1 Å². The van der Waals surface area contributed by atoms with Gasteiger partial charge in [-0.2, -0.15) is 0 Å². The maximum atomic E-state index is 14.1. The van der Waals surface area contributed by atoms with Gasteiger partial charge in [0.2, 0.25) is 29.5 Å². The lowest BCUT2D eigenvalue weighted by Crippen LogP contribution is -2.58.